The molecular weight excluding hydrogens is 312 g/mol. The van der Waals surface area contributed by atoms with Crippen LogP contribution in [0.2, 0.25) is 0 Å². The molecule has 2 aromatic rings. The van der Waals surface area contributed by atoms with Crippen LogP contribution in [0.5, 0.6) is 11.5 Å². The van der Waals surface area contributed by atoms with Gasteiger partial charge in [0, 0.05) is 5.56 Å². The standard InChI is InChI=1S/C22H26O3/c1-14-15(2)17(4)21-20(16(14)3)10-11-22(5,25-21)13-24-19-8-6-18(12-23)7-9-19/h6-9,12H,10-11,13H2,1-5H3. The summed E-state index contributed by atoms with van der Waals surface area (Å²) in [6, 6.07) is 7.18. The van der Waals surface area contributed by atoms with E-state index in [1.807, 2.05) is 12.1 Å². The molecule has 1 aliphatic heterocycles. The van der Waals surface area contributed by atoms with Gasteiger partial charge in [0.1, 0.15) is 30.0 Å². The molecule has 0 saturated carbocycles. The van der Waals surface area contributed by atoms with Crippen molar-refractivity contribution < 1.29 is 14.3 Å². The minimum atomic E-state index is -0.352. The summed E-state index contributed by atoms with van der Waals surface area (Å²) in [5, 5.41) is 0. The first-order valence-corrected chi connectivity index (χ1v) is 8.81. The van der Waals surface area contributed by atoms with E-state index in [1.54, 1.807) is 12.1 Å². The van der Waals surface area contributed by atoms with E-state index in [0.29, 0.717) is 12.2 Å². The molecule has 0 bridgehead atoms. The van der Waals surface area contributed by atoms with Gasteiger partial charge < -0.3 is 9.47 Å². The zero-order valence-corrected chi connectivity index (χ0v) is 15.7. The van der Waals surface area contributed by atoms with Crippen molar-refractivity contribution >= 4 is 6.29 Å². The lowest BCUT2D eigenvalue weighted by atomic mass is 9.85. The molecule has 0 aliphatic carbocycles. The Labute approximate surface area is 150 Å². The molecule has 0 saturated heterocycles. The van der Waals surface area contributed by atoms with Crippen LogP contribution in [-0.2, 0) is 6.42 Å². The Morgan fingerprint density at radius 3 is 2.32 bits per heavy atom. The Hall–Kier alpha value is -2.29. The maximum atomic E-state index is 10.7. The molecule has 0 fully saturated rings. The van der Waals surface area contributed by atoms with E-state index in [0.717, 1.165) is 30.6 Å². The molecule has 0 N–H and O–H groups in total. The van der Waals surface area contributed by atoms with Crippen LogP contribution in [0.1, 0.15) is 51.5 Å². The third kappa shape index (κ3) is 3.28. The average Bonchev–Trinajstić information content (AvgIpc) is 2.63. The van der Waals surface area contributed by atoms with Gasteiger partial charge >= 0.3 is 0 Å². The van der Waals surface area contributed by atoms with Gasteiger partial charge in [-0.1, -0.05) is 0 Å². The summed E-state index contributed by atoms with van der Waals surface area (Å²) in [4.78, 5) is 10.7. The van der Waals surface area contributed by atoms with Gasteiger partial charge in [0.25, 0.3) is 0 Å². The number of carbonyl (C=O) groups excluding carboxylic acids is 1. The molecular formula is C22H26O3. The van der Waals surface area contributed by atoms with Crippen molar-refractivity contribution in [3.8, 4) is 11.5 Å². The summed E-state index contributed by atoms with van der Waals surface area (Å²) in [7, 11) is 0. The summed E-state index contributed by atoms with van der Waals surface area (Å²) in [5.74, 6) is 1.79. The van der Waals surface area contributed by atoms with Crippen molar-refractivity contribution in [1.82, 2.24) is 0 Å². The van der Waals surface area contributed by atoms with Crippen LogP contribution in [0.15, 0.2) is 24.3 Å². The van der Waals surface area contributed by atoms with Crippen molar-refractivity contribution in [2.24, 2.45) is 0 Å². The molecule has 3 rings (SSSR count). The fraction of sp³-hybridized carbons (Fsp3) is 0.409. The van der Waals surface area contributed by atoms with Gasteiger partial charge in [0.05, 0.1) is 0 Å². The number of aldehydes is 1. The van der Waals surface area contributed by atoms with Crippen LogP contribution >= 0.6 is 0 Å². The van der Waals surface area contributed by atoms with Crippen molar-refractivity contribution in [1.29, 1.82) is 0 Å². The normalized spacial score (nSPS) is 19.1. The molecule has 25 heavy (non-hydrogen) atoms. The second-order valence-electron chi connectivity index (χ2n) is 7.34. The first-order chi connectivity index (χ1) is 11.8. The third-order valence-corrected chi connectivity index (χ3v) is 5.57. The first kappa shape index (κ1) is 17.5. The van der Waals surface area contributed by atoms with Crippen molar-refractivity contribution in [2.75, 3.05) is 6.61 Å². The Morgan fingerprint density at radius 1 is 1.04 bits per heavy atom. The summed E-state index contributed by atoms with van der Waals surface area (Å²) in [6.45, 7) is 11.3. The molecule has 0 amide bonds. The van der Waals surface area contributed by atoms with Gasteiger partial charge in [-0.15, -0.1) is 0 Å². The second kappa shape index (κ2) is 6.55. The van der Waals surface area contributed by atoms with Gasteiger partial charge in [0.15, 0.2) is 0 Å². The van der Waals surface area contributed by atoms with Gasteiger partial charge in [-0.25, -0.2) is 0 Å². The van der Waals surface area contributed by atoms with Crippen molar-refractivity contribution in [3.05, 3.63) is 57.6 Å². The number of hydrogen-bond acceptors (Lipinski definition) is 3. The van der Waals surface area contributed by atoms with Gasteiger partial charge in [-0.05, 0) is 99.5 Å². The van der Waals surface area contributed by atoms with E-state index in [9.17, 15) is 4.79 Å². The number of carbonyl (C=O) groups is 1. The highest BCUT2D eigenvalue weighted by Crippen LogP contribution is 2.40. The Balaban J connectivity index is 1.79. The predicted octanol–water partition coefficient (Wildman–Crippen LogP) is 4.90. The van der Waals surface area contributed by atoms with E-state index < -0.39 is 0 Å². The Morgan fingerprint density at radius 2 is 1.68 bits per heavy atom. The van der Waals surface area contributed by atoms with Crippen molar-refractivity contribution in [2.45, 2.75) is 53.1 Å². The highest BCUT2D eigenvalue weighted by molar-refractivity contribution is 5.74. The predicted molar refractivity (Wildman–Crippen MR) is 100 cm³/mol. The van der Waals surface area contributed by atoms with Gasteiger partial charge in [-0.3, -0.25) is 4.79 Å². The van der Waals surface area contributed by atoms with E-state index in [1.165, 1.54) is 27.8 Å². The first-order valence-electron chi connectivity index (χ1n) is 8.81. The van der Waals surface area contributed by atoms with E-state index in [2.05, 4.69) is 34.6 Å². The number of rotatable bonds is 4. The molecule has 1 aliphatic rings. The quantitative estimate of drug-likeness (QED) is 0.744. The SMILES string of the molecule is Cc1c(C)c(C)c2c(c1C)CCC(C)(COc1ccc(C=O)cc1)O2. The lowest BCUT2D eigenvalue weighted by Gasteiger charge is -2.38. The van der Waals surface area contributed by atoms with Crippen molar-refractivity contribution in [3.63, 3.8) is 0 Å². The smallest absolute Gasteiger partial charge is 0.150 e. The van der Waals surface area contributed by atoms with Crippen LogP contribution in [0, 0.1) is 27.7 Å². The summed E-state index contributed by atoms with van der Waals surface area (Å²) in [5.41, 5.74) is 6.91. The summed E-state index contributed by atoms with van der Waals surface area (Å²) < 4.78 is 12.4. The Bertz CT molecular complexity index is 805. The van der Waals surface area contributed by atoms with E-state index >= 15 is 0 Å². The van der Waals surface area contributed by atoms with Crippen LogP contribution in [0.3, 0.4) is 0 Å². The average molecular weight is 338 g/mol. The van der Waals surface area contributed by atoms with Crippen LogP contribution in [0.25, 0.3) is 0 Å². The number of hydrogen-bond donors (Lipinski definition) is 0. The largest absolute Gasteiger partial charge is 0.489 e. The van der Waals surface area contributed by atoms with E-state index in [-0.39, 0.29) is 5.60 Å². The molecule has 1 heterocycles. The number of ether oxygens (including phenoxy) is 2. The number of fused-ring (bicyclic) bond motifs is 1. The molecule has 132 valence electrons. The molecule has 0 aromatic heterocycles. The Kier molecular flexibility index (Phi) is 4.59. The van der Waals surface area contributed by atoms with Crippen LogP contribution < -0.4 is 9.47 Å². The maximum Gasteiger partial charge on any atom is 0.150 e. The monoisotopic (exact) mass is 338 g/mol. The van der Waals surface area contributed by atoms with Crippen LogP contribution in [0.4, 0.5) is 0 Å². The molecule has 3 nitrogen and oxygen atoms in total. The van der Waals surface area contributed by atoms with Crippen LogP contribution in [-0.4, -0.2) is 18.5 Å². The fourth-order valence-corrected chi connectivity index (χ4v) is 3.46. The summed E-state index contributed by atoms with van der Waals surface area (Å²) in [6.07, 6.45) is 2.77. The maximum absolute atomic E-state index is 10.7. The lowest BCUT2D eigenvalue weighted by molar-refractivity contribution is 0.0167. The molecule has 1 unspecified atom stereocenters. The minimum Gasteiger partial charge on any atom is -0.489 e. The third-order valence-electron chi connectivity index (χ3n) is 5.57. The highest BCUT2D eigenvalue weighted by Gasteiger charge is 2.35. The van der Waals surface area contributed by atoms with Gasteiger partial charge in [-0.2, -0.15) is 0 Å². The van der Waals surface area contributed by atoms with E-state index in [4.69, 9.17) is 9.47 Å². The number of benzene rings is 2. The molecule has 2 aromatic carbocycles. The zero-order valence-electron chi connectivity index (χ0n) is 15.7. The lowest BCUT2D eigenvalue weighted by Crippen LogP contribution is -2.42. The fourth-order valence-electron chi connectivity index (χ4n) is 3.46. The molecule has 1 atom stereocenters. The highest BCUT2D eigenvalue weighted by atomic mass is 16.5. The minimum absolute atomic E-state index is 0.352. The zero-order chi connectivity index (χ0) is 18.2. The summed E-state index contributed by atoms with van der Waals surface area (Å²) >= 11 is 0. The molecule has 0 radical (unpaired) electrons. The molecule has 0 spiro atoms. The van der Waals surface area contributed by atoms with Gasteiger partial charge in [0.2, 0.25) is 0 Å². The second-order valence-corrected chi connectivity index (χ2v) is 7.34. The topological polar surface area (TPSA) is 35.5 Å². The molecule has 3 heteroatoms.